The molecule has 0 aromatic heterocycles. The molecule has 0 bridgehead atoms. The third-order valence-electron chi connectivity index (χ3n) is 2.06. The maximum Gasteiger partial charge on any atom is 0.195 e. The molecule has 0 spiro atoms. The van der Waals surface area contributed by atoms with E-state index < -0.39 is 6.04 Å². The molecule has 0 amide bonds. The minimum atomic E-state index is -0.691. The number of hydrogen-bond donors (Lipinski definition) is 1. The fraction of sp³-hybridized carbons (Fsp3) is 0.100. The number of halogens is 1. The van der Waals surface area contributed by atoms with Gasteiger partial charge < -0.3 is 5.73 Å². The van der Waals surface area contributed by atoms with Crippen LogP contribution in [0.1, 0.15) is 10.4 Å². The molecule has 15 heavy (non-hydrogen) atoms. The van der Waals surface area contributed by atoms with Gasteiger partial charge in [-0.15, -0.1) is 0 Å². The van der Waals surface area contributed by atoms with Gasteiger partial charge in [0.1, 0.15) is 12.2 Å². The van der Waals surface area contributed by atoms with Gasteiger partial charge in [0.15, 0.2) is 11.8 Å². The largest absolute Gasteiger partial charge is 0.385 e. The molecule has 76 valence electrons. The summed E-state index contributed by atoms with van der Waals surface area (Å²) < 4.78 is 0. The number of carbonyl (C=O) groups excluding carboxylic acids is 1. The van der Waals surface area contributed by atoms with Crippen LogP contribution in [-0.2, 0) is 0 Å². The van der Waals surface area contributed by atoms with E-state index in [1.165, 1.54) is 6.34 Å². The quantitative estimate of drug-likeness (QED) is 0.765. The van der Waals surface area contributed by atoms with E-state index in [-0.39, 0.29) is 11.6 Å². The summed E-state index contributed by atoms with van der Waals surface area (Å²) in [5, 5.41) is 0.512. The number of rotatable bonds is 2. The van der Waals surface area contributed by atoms with Crippen molar-refractivity contribution in [3.8, 4) is 0 Å². The fourth-order valence-corrected chi connectivity index (χ4v) is 1.51. The Morgan fingerprint density at radius 3 is 2.87 bits per heavy atom. The lowest BCUT2D eigenvalue weighted by Gasteiger charge is -2.06. The topological polar surface area (TPSA) is 67.8 Å². The Hall–Kier alpha value is -1.68. The van der Waals surface area contributed by atoms with Gasteiger partial charge in [-0.1, -0.05) is 23.7 Å². The minimum Gasteiger partial charge on any atom is -0.385 e. The number of nitrogens with two attached hydrogens (primary N) is 1. The van der Waals surface area contributed by atoms with Crippen molar-refractivity contribution in [3.63, 3.8) is 0 Å². The predicted octanol–water partition coefficient (Wildman–Crippen LogP) is 1.29. The number of aliphatic imine (C=N–C) groups is 2. The highest BCUT2D eigenvalue weighted by atomic mass is 35.5. The second-order valence-corrected chi connectivity index (χ2v) is 3.53. The Bertz CT molecular complexity index is 467. The van der Waals surface area contributed by atoms with Gasteiger partial charge >= 0.3 is 0 Å². The first-order valence-electron chi connectivity index (χ1n) is 4.33. The molecule has 0 saturated carbocycles. The van der Waals surface area contributed by atoms with Crippen molar-refractivity contribution < 1.29 is 4.79 Å². The molecule has 5 heteroatoms. The van der Waals surface area contributed by atoms with Crippen molar-refractivity contribution in [2.24, 2.45) is 15.7 Å². The van der Waals surface area contributed by atoms with Crippen LogP contribution in [0.15, 0.2) is 34.3 Å². The van der Waals surface area contributed by atoms with Gasteiger partial charge in [-0.05, 0) is 12.1 Å². The molecule has 1 atom stereocenters. The summed E-state index contributed by atoms with van der Waals surface area (Å²) in [4.78, 5) is 19.5. The standard InChI is InChI=1S/C10H8ClN3O/c11-7-3-1-2-6(4-7)9(15)8-10(12)14-5-13-8/h1-5,8H,(H2,12,13,14). The number of ketones is 1. The molecular formula is C10H8ClN3O. The van der Waals surface area contributed by atoms with E-state index in [2.05, 4.69) is 9.98 Å². The number of hydrogen-bond acceptors (Lipinski definition) is 4. The van der Waals surface area contributed by atoms with Crippen molar-refractivity contribution in [3.05, 3.63) is 34.9 Å². The maximum absolute atomic E-state index is 11.9. The van der Waals surface area contributed by atoms with Gasteiger partial charge in [0, 0.05) is 10.6 Å². The van der Waals surface area contributed by atoms with E-state index >= 15 is 0 Å². The molecule has 0 radical (unpaired) electrons. The molecule has 1 unspecified atom stereocenters. The van der Waals surface area contributed by atoms with Crippen LogP contribution in [-0.4, -0.2) is 24.0 Å². The van der Waals surface area contributed by atoms with E-state index in [1.54, 1.807) is 24.3 Å². The van der Waals surface area contributed by atoms with E-state index in [1.807, 2.05) is 0 Å². The van der Waals surface area contributed by atoms with Crippen molar-refractivity contribution in [2.75, 3.05) is 0 Å². The van der Waals surface area contributed by atoms with Crippen LogP contribution in [0.2, 0.25) is 5.02 Å². The van der Waals surface area contributed by atoms with E-state index in [4.69, 9.17) is 17.3 Å². The van der Waals surface area contributed by atoms with Gasteiger partial charge in [-0.3, -0.25) is 9.79 Å². The summed E-state index contributed by atoms with van der Waals surface area (Å²) in [5.41, 5.74) is 6.02. The summed E-state index contributed by atoms with van der Waals surface area (Å²) in [6.07, 6.45) is 1.29. The van der Waals surface area contributed by atoms with E-state index in [0.29, 0.717) is 10.6 Å². The van der Waals surface area contributed by atoms with E-state index in [9.17, 15) is 4.79 Å². The monoisotopic (exact) mass is 221 g/mol. The van der Waals surface area contributed by atoms with Gasteiger partial charge in [0.25, 0.3) is 0 Å². The molecule has 4 nitrogen and oxygen atoms in total. The summed E-state index contributed by atoms with van der Waals surface area (Å²) in [5.74, 6) is 0.0347. The van der Waals surface area contributed by atoms with E-state index in [0.717, 1.165) is 0 Å². The first kappa shape index (κ1) is 9.86. The first-order chi connectivity index (χ1) is 7.18. The van der Waals surface area contributed by atoms with Crippen LogP contribution < -0.4 is 5.73 Å². The number of benzene rings is 1. The second kappa shape index (κ2) is 3.82. The van der Waals surface area contributed by atoms with Crippen LogP contribution in [0, 0.1) is 0 Å². The Morgan fingerprint density at radius 2 is 2.27 bits per heavy atom. The smallest absolute Gasteiger partial charge is 0.195 e. The molecule has 1 aliphatic rings. The summed E-state index contributed by atoms with van der Waals surface area (Å²) in [6.45, 7) is 0. The lowest BCUT2D eigenvalue weighted by atomic mass is 10.0. The van der Waals surface area contributed by atoms with Crippen LogP contribution in [0.4, 0.5) is 0 Å². The highest BCUT2D eigenvalue weighted by molar-refractivity contribution is 6.31. The molecule has 0 aliphatic carbocycles. The highest BCUT2D eigenvalue weighted by Gasteiger charge is 2.25. The van der Waals surface area contributed by atoms with Crippen molar-refractivity contribution in [1.82, 2.24) is 0 Å². The SMILES string of the molecule is NC1=NC=NC1C(=O)c1cccc(Cl)c1. The summed E-state index contributed by atoms with van der Waals surface area (Å²) >= 11 is 5.78. The first-order valence-corrected chi connectivity index (χ1v) is 4.71. The third-order valence-corrected chi connectivity index (χ3v) is 2.30. The molecule has 2 N–H and O–H groups in total. The molecule has 1 aromatic rings. The fourth-order valence-electron chi connectivity index (χ4n) is 1.32. The van der Waals surface area contributed by atoms with Crippen LogP contribution in [0.25, 0.3) is 0 Å². The predicted molar refractivity (Wildman–Crippen MR) is 59.7 cm³/mol. The van der Waals surface area contributed by atoms with Crippen molar-refractivity contribution in [2.45, 2.75) is 6.04 Å². The molecular weight excluding hydrogens is 214 g/mol. The third kappa shape index (κ3) is 1.89. The maximum atomic E-state index is 11.9. The van der Waals surface area contributed by atoms with Crippen LogP contribution in [0.3, 0.4) is 0 Å². The molecule has 0 fully saturated rings. The Labute approximate surface area is 91.5 Å². The van der Waals surface area contributed by atoms with Crippen molar-refractivity contribution in [1.29, 1.82) is 0 Å². The van der Waals surface area contributed by atoms with Crippen LogP contribution >= 0.6 is 11.6 Å². The summed E-state index contributed by atoms with van der Waals surface area (Å²) in [6, 6.07) is 5.98. The summed E-state index contributed by atoms with van der Waals surface area (Å²) in [7, 11) is 0. The molecule has 1 aliphatic heterocycles. The minimum absolute atomic E-state index is 0.187. The zero-order chi connectivity index (χ0) is 10.8. The number of Topliss-reactive ketones (excluding diaryl/α,β-unsaturated/α-hetero) is 1. The van der Waals surface area contributed by atoms with Crippen LogP contribution in [0.5, 0.6) is 0 Å². The lowest BCUT2D eigenvalue weighted by Crippen LogP contribution is -2.32. The average Bonchev–Trinajstić information content (AvgIpc) is 2.63. The Morgan fingerprint density at radius 1 is 1.47 bits per heavy atom. The average molecular weight is 222 g/mol. The molecule has 0 saturated heterocycles. The normalized spacial score (nSPS) is 19.0. The molecule has 1 aromatic carbocycles. The Kier molecular flexibility index (Phi) is 2.51. The highest BCUT2D eigenvalue weighted by Crippen LogP contribution is 2.14. The number of amidine groups is 1. The Balaban J connectivity index is 2.29. The molecule has 2 rings (SSSR count). The lowest BCUT2D eigenvalue weighted by molar-refractivity contribution is 0.0985. The van der Waals surface area contributed by atoms with Gasteiger partial charge in [0.05, 0.1) is 0 Å². The second-order valence-electron chi connectivity index (χ2n) is 3.10. The zero-order valence-corrected chi connectivity index (χ0v) is 8.48. The molecule has 1 heterocycles. The van der Waals surface area contributed by atoms with Gasteiger partial charge in [-0.2, -0.15) is 0 Å². The van der Waals surface area contributed by atoms with Gasteiger partial charge in [0.2, 0.25) is 0 Å². The number of carbonyl (C=O) groups is 1. The zero-order valence-electron chi connectivity index (χ0n) is 7.72. The van der Waals surface area contributed by atoms with Crippen molar-refractivity contribution >= 4 is 29.6 Å². The van der Waals surface area contributed by atoms with Gasteiger partial charge in [-0.25, -0.2) is 4.99 Å². The number of nitrogens with zero attached hydrogens (tertiary/aromatic N) is 2.